The average molecular weight is 245 g/mol. The molecular weight excluding hydrogens is 230 g/mol. The number of ether oxygens (including phenoxy) is 1. The summed E-state index contributed by atoms with van der Waals surface area (Å²) in [5.74, 6) is -0.383. The van der Waals surface area contributed by atoms with Gasteiger partial charge in [-0.15, -0.1) is 0 Å². The number of fused-ring (bicyclic) bond motifs is 3. The number of hydrogen-bond acceptors (Lipinski definition) is 4. The highest BCUT2D eigenvalue weighted by Crippen LogP contribution is 2.21. The third kappa shape index (κ3) is 1.66. The normalized spacial score (nSPS) is 15.2. The third-order valence-electron chi connectivity index (χ3n) is 3.48. The molecule has 0 unspecified atom stereocenters. The van der Waals surface area contributed by atoms with Crippen molar-refractivity contribution in [2.24, 2.45) is 0 Å². The lowest BCUT2D eigenvalue weighted by molar-refractivity contribution is 0.0602. The zero-order valence-corrected chi connectivity index (χ0v) is 10.3. The molecule has 94 valence electrons. The van der Waals surface area contributed by atoms with Crippen LogP contribution in [-0.2, 0) is 17.6 Å². The predicted molar refractivity (Wildman–Crippen MR) is 65.6 cm³/mol. The van der Waals surface area contributed by atoms with Gasteiger partial charge in [0.1, 0.15) is 5.56 Å². The summed E-state index contributed by atoms with van der Waals surface area (Å²) in [6, 6.07) is 0. The van der Waals surface area contributed by atoms with E-state index in [4.69, 9.17) is 4.74 Å². The van der Waals surface area contributed by atoms with Crippen molar-refractivity contribution < 1.29 is 9.53 Å². The average Bonchev–Trinajstić information content (AvgIpc) is 2.68. The van der Waals surface area contributed by atoms with Crippen molar-refractivity contribution >= 4 is 11.6 Å². The van der Waals surface area contributed by atoms with Crippen molar-refractivity contribution in [3.8, 4) is 0 Å². The maximum absolute atomic E-state index is 11.6. The summed E-state index contributed by atoms with van der Waals surface area (Å²) in [5.41, 5.74) is 3.47. The van der Waals surface area contributed by atoms with Crippen molar-refractivity contribution in [1.82, 2.24) is 14.6 Å². The number of aromatic nitrogens is 3. The molecule has 2 heterocycles. The van der Waals surface area contributed by atoms with Crippen LogP contribution in [0.3, 0.4) is 0 Å². The molecule has 0 amide bonds. The Morgan fingerprint density at radius 2 is 2.11 bits per heavy atom. The Bertz CT molecular complexity index is 604. The first-order chi connectivity index (χ1) is 8.81. The number of methoxy groups -OCH3 is 1. The van der Waals surface area contributed by atoms with E-state index in [9.17, 15) is 4.79 Å². The molecule has 2 aromatic heterocycles. The fraction of sp³-hybridized carbons (Fsp3) is 0.462. The van der Waals surface area contributed by atoms with Gasteiger partial charge in [-0.25, -0.2) is 14.3 Å². The van der Waals surface area contributed by atoms with Crippen LogP contribution in [0, 0.1) is 0 Å². The number of esters is 1. The van der Waals surface area contributed by atoms with E-state index in [0.717, 1.165) is 12.8 Å². The predicted octanol–water partition coefficient (Wildman–Crippen LogP) is 1.78. The molecule has 2 aromatic rings. The zero-order chi connectivity index (χ0) is 12.5. The Labute approximate surface area is 105 Å². The van der Waals surface area contributed by atoms with Crippen LogP contribution in [0.25, 0.3) is 5.65 Å². The molecule has 1 aliphatic rings. The van der Waals surface area contributed by atoms with Gasteiger partial charge in [0, 0.05) is 11.9 Å². The second kappa shape index (κ2) is 4.40. The maximum atomic E-state index is 11.6. The van der Waals surface area contributed by atoms with Gasteiger partial charge < -0.3 is 4.74 Å². The first-order valence-electron chi connectivity index (χ1n) is 6.24. The van der Waals surface area contributed by atoms with Crippen molar-refractivity contribution in [3.05, 3.63) is 29.2 Å². The van der Waals surface area contributed by atoms with Gasteiger partial charge in [0.2, 0.25) is 0 Å². The Hall–Kier alpha value is -1.91. The van der Waals surface area contributed by atoms with Crippen LogP contribution >= 0.6 is 0 Å². The first kappa shape index (κ1) is 11.2. The largest absolute Gasteiger partial charge is 0.465 e. The van der Waals surface area contributed by atoms with Crippen molar-refractivity contribution in [3.63, 3.8) is 0 Å². The van der Waals surface area contributed by atoms with E-state index in [0.29, 0.717) is 11.2 Å². The van der Waals surface area contributed by atoms with Gasteiger partial charge in [-0.3, -0.25) is 0 Å². The topological polar surface area (TPSA) is 56.5 Å². The molecule has 0 aromatic carbocycles. The highest BCUT2D eigenvalue weighted by molar-refractivity contribution is 5.95. The fourth-order valence-electron chi connectivity index (χ4n) is 2.53. The molecule has 0 N–H and O–H groups in total. The summed E-state index contributed by atoms with van der Waals surface area (Å²) in [5, 5.41) is 4.30. The van der Waals surface area contributed by atoms with Crippen molar-refractivity contribution in [2.45, 2.75) is 32.1 Å². The van der Waals surface area contributed by atoms with E-state index >= 15 is 0 Å². The minimum atomic E-state index is -0.383. The number of aryl methyl sites for hydroxylation is 2. The van der Waals surface area contributed by atoms with Gasteiger partial charge in [-0.1, -0.05) is 6.42 Å². The lowest BCUT2D eigenvalue weighted by atomic mass is 10.1. The summed E-state index contributed by atoms with van der Waals surface area (Å²) in [7, 11) is 1.37. The van der Waals surface area contributed by atoms with Gasteiger partial charge in [0.05, 0.1) is 13.3 Å². The molecule has 0 spiro atoms. The second-order valence-corrected chi connectivity index (χ2v) is 4.58. The highest BCUT2D eigenvalue weighted by atomic mass is 16.5. The molecule has 5 nitrogen and oxygen atoms in total. The second-order valence-electron chi connectivity index (χ2n) is 4.58. The molecule has 0 aliphatic heterocycles. The van der Waals surface area contributed by atoms with Crippen LogP contribution in [0.2, 0.25) is 0 Å². The van der Waals surface area contributed by atoms with Crippen LogP contribution in [0.4, 0.5) is 0 Å². The Morgan fingerprint density at radius 1 is 1.28 bits per heavy atom. The SMILES string of the molecule is COC(=O)c1cnn2c3c(cnc12)CCCCC3. The minimum Gasteiger partial charge on any atom is -0.465 e. The third-order valence-corrected chi connectivity index (χ3v) is 3.48. The Morgan fingerprint density at radius 3 is 2.94 bits per heavy atom. The number of carbonyl (C=O) groups excluding carboxylic acids is 1. The van der Waals surface area contributed by atoms with E-state index < -0.39 is 0 Å². The summed E-state index contributed by atoms with van der Waals surface area (Å²) in [6.07, 6.45) is 9.07. The molecule has 0 fully saturated rings. The molecule has 0 saturated carbocycles. The molecule has 0 bridgehead atoms. The minimum absolute atomic E-state index is 0.383. The Balaban J connectivity index is 2.18. The van der Waals surface area contributed by atoms with E-state index in [1.807, 2.05) is 6.20 Å². The number of rotatable bonds is 1. The van der Waals surface area contributed by atoms with E-state index in [-0.39, 0.29) is 5.97 Å². The standard InChI is InChI=1S/C13H15N3O2/c1-18-13(17)10-8-15-16-11-6-4-2-3-5-9(11)7-14-12(10)16/h7-8H,2-6H2,1H3. The molecule has 5 heteroatoms. The summed E-state index contributed by atoms with van der Waals surface area (Å²) >= 11 is 0. The van der Waals surface area contributed by atoms with Gasteiger partial charge in [-0.05, 0) is 31.2 Å². The molecule has 0 radical (unpaired) electrons. The molecule has 3 rings (SSSR count). The molecule has 1 aliphatic carbocycles. The van der Waals surface area contributed by atoms with Gasteiger partial charge in [0.15, 0.2) is 5.65 Å². The highest BCUT2D eigenvalue weighted by Gasteiger charge is 2.18. The van der Waals surface area contributed by atoms with Crippen LogP contribution < -0.4 is 0 Å². The van der Waals surface area contributed by atoms with E-state index in [2.05, 4.69) is 10.1 Å². The van der Waals surface area contributed by atoms with Crippen molar-refractivity contribution in [1.29, 1.82) is 0 Å². The van der Waals surface area contributed by atoms with Crippen LogP contribution in [0.5, 0.6) is 0 Å². The van der Waals surface area contributed by atoms with Crippen LogP contribution in [-0.4, -0.2) is 27.7 Å². The molecular formula is C13H15N3O2. The molecule has 0 atom stereocenters. The monoisotopic (exact) mass is 245 g/mol. The lowest BCUT2D eigenvalue weighted by Crippen LogP contribution is -2.06. The molecule has 18 heavy (non-hydrogen) atoms. The van der Waals surface area contributed by atoms with Gasteiger partial charge in [-0.2, -0.15) is 5.10 Å². The van der Waals surface area contributed by atoms with Crippen molar-refractivity contribution in [2.75, 3.05) is 7.11 Å². The van der Waals surface area contributed by atoms with Crippen LogP contribution in [0.15, 0.2) is 12.4 Å². The maximum Gasteiger partial charge on any atom is 0.343 e. The van der Waals surface area contributed by atoms with Crippen LogP contribution in [0.1, 0.15) is 40.9 Å². The number of nitrogens with zero attached hydrogens (tertiary/aromatic N) is 3. The zero-order valence-electron chi connectivity index (χ0n) is 10.3. The van der Waals surface area contributed by atoms with Gasteiger partial charge in [0.25, 0.3) is 0 Å². The summed E-state index contributed by atoms with van der Waals surface area (Å²) in [4.78, 5) is 16.0. The van der Waals surface area contributed by atoms with E-state index in [1.165, 1.54) is 37.6 Å². The summed E-state index contributed by atoms with van der Waals surface area (Å²) in [6.45, 7) is 0. The number of carbonyl (C=O) groups is 1. The lowest BCUT2D eigenvalue weighted by Gasteiger charge is -2.07. The number of hydrogen-bond donors (Lipinski definition) is 0. The fourth-order valence-corrected chi connectivity index (χ4v) is 2.53. The molecule has 0 saturated heterocycles. The first-order valence-corrected chi connectivity index (χ1v) is 6.24. The van der Waals surface area contributed by atoms with Gasteiger partial charge >= 0.3 is 5.97 Å². The summed E-state index contributed by atoms with van der Waals surface area (Å²) < 4.78 is 6.54. The Kier molecular flexibility index (Phi) is 2.74. The quantitative estimate of drug-likeness (QED) is 0.567. The van der Waals surface area contributed by atoms with E-state index in [1.54, 1.807) is 10.7 Å². The smallest absolute Gasteiger partial charge is 0.343 e.